The summed E-state index contributed by atoms with van der Waals surface area (Å²) >= 11 is 3.98. The minimum Gasteiger partial charge on any atom is -0.457 e. The number of thioether (sulfide) groups is 2. The Balaban J connectivity index is 1.79. The van der Waals surface area contributed by atoms with Gasteiger partial charge in [-0.2, -0.15) is 0 Å². The first-order valence-corrected chi connectivity index (χ1v) is 9.16. The Kier molecular flexibility index (Phi) is 4.94. The van der Waals surface area contributed by atoms with Crippen molar-refractivity contribution < 1.29 is 4.74 Å². The molecule has 0 radical (unpaired) electrons. The zero-order valence-corrected chi connectivity index (χ0v) is 13.7. The predicted octanol–water partition coefficient (Wildman–Crippen LogP) is 6.04. The third-order valence-electron chi connectivity index (χ3n) is 3.33. The Morgan fingerprint density at radius 3 is 2.14 bits per heavy atom. The summed E-state index contributed by atoms with van der Waals surface area (Å²) in [6, 6.07) is 18.4. The van der Waals surface area contributed by atoms with Gasteiger partial charge in [0.15, 0.2) is 0 Å². The van der Waals surface area contributed by atoms with Crippen molar-refractivity contribution in [2.24, 2.45) is 0 Å². The van der Waals surface area contributed by atoms with Crippen LogP contribution in [-0.4, -0.2) is 11.5 Å². The van der Waals surface area contributed by atoms with Crippen molar-refractivity contribution in [2.45, 2.75) is 13.3 Å². The monoisotopic (exact) mass is 314 g/mol. The number of para-hydroxylation sites is 1. The predicted molar refractivity (Wildman–Crippen MR) is 95.1 cm³/mol. The molecular formula is C18H18OS2. The first kappa shape index (κ1) is 14.6. The number of allylic oxidation sites excluding steroid dienone is 1. The number of hydrogen-bond donors (Lipinski definition) is 0. The SMILES string of the molecule is CCC(=C1SCCS1)c1ccc(Oc2ccccc2)cc1. The van der Waals surface area contributed by atoms with Crippen LogP contribution >= 0.6 is 23.5 Å². The lowest BCUT2D eigenvalue weighted by molar-refractivity contribution is 0.482. The lowest BCUT2D eigenvalue weighted by Gasteiger charge is -2.10. The number of ether oxygens (including phenoxy) is 1. The summed E-state index contributed by atoms with van der Waals surface area (Å²) in [6.07, 6.45) is 1.08. The molecule has 1 fully saturated rings. The smallest absolute Gasteiger partial charge is 0.127 e. The third kappa shape index (κ3) is 3.66. The number of rotatable bonds is 4. The van der Waals surface area contributed by atoms with Crippen molar-refractivity contribution in [2.75, 3.05) is 11.5 Å². The molecule has 1 heterocycles. The second-order valence-corrected chi connectivity index (χ2v) is 7.22. The van der Waals surface area contributed by atoms with Gasteiger partial charge in [-0.15, -0.1) is 23.5 Å². The molecule has 1 saturated heterocycles. The molecule has 0 bridgehead atoms. The molecule has 108 valence electrons. The lowest BCUT2D eigenvalue weighted by atomic mass is 10.1. The normalized spacial score (nSPS) is 14.2. The van der Waals surface area contributed by atoms with Crippen LogP contribution in [0.2, 0.25) is 0 Å². The van der Waals surface area contributed by atoms with E-state index in [-0.39, 0.29) is 0 Å². The van der Waals surface area contributed by atoms with E-state index in [4.69, 9.17) is 4.74 Å². The minimum absolute atomic E-state index is 0.876. The summed E-state index contributed by atoms with van der Waals surface area (Å²) < 4.78 is 7.34. The first-order valence-electron chi connectivity index (χ1n) is 7.19. The Morgan fingerprint density at radius 1 is 0.905 bits per heavy atom. The second-order valence-electron chi connectivity index (χ2n) is 4.76. The van der Waals surface area contributed by atoms with Crippen LogP contribution in [0.25, 0.3) is 5.57 Å². The lowest BCUT2D eigenvalue weighted by Crippen LogP contribution is -1.87. The molecule has 3 heteroatoms. The Morgan fingerprint density at radius 2 is 1.52 bits per heavy atom. The van der Waals surface area contributed by atoms with Crippen LogP contribution in [-0.2, 0) is 0 Å². The van der Waals surface area contributed by atoms with Crippen LogP contribution in [0.1, 0.15) is 18.9 Å². The molecule has 1 nitrogen and oxygen atoms in total. The molecule has 1 aliphatic heterocycles. The highest BCUT2D eigenvalue weighted by Crippen LogP contribution is 2.43. The minimum atomic E-state index is 0.876. The fourth-order valence-corrected chi connectivity index (χ4v) is 5.04. The molecule has 21 heavy (non-hydrogen) atoms. The molecule has 0 saturated carbocycles. The summed E-state index contributed by atoms with van der Waals surface area (Å²) in [5, 5.41) is 0. The Bertz CT molecular complexity index is 609. The van der Waals surface area contributed by atoms with E-state index in [9.17, 15) is 0 Å². The molecule has 1 aliphatic rings. The molecule has 2 aromatic rings. The quantitative estimate of drug-likeness (QED) is 0.681. The maximum atomic E-state index is 5.85. The zero-order valence-electron chi connectivity index (χ0n) is 12.0. The number of hydrogen-bond acceptors (Lipinski definition) is 3. The molecule has 2 aromatic carbocycles. The summed E-state index contributed by atoms with van der Waals surface area (Å²) in [4.78, 5) is 0. The van der Waals surface area contributed by atoms with E-state index in [1.165, 1.54) is 26.9 Å². The first-order chi connectivity index (χ1) is 10.4. The van der Waals surface area contributed by atoms with E-state index in [1.54, 1.807) is 0 Å². The molecule has 0 N–H and O–H groups in total. The molecule has 0 aliphatic carbocycles. The van der Waals surface area contributed by atoms with Gasteiger partial charge in [-0.25, -0.2) is 0 Å². The van der Waals surface area contributed by atoms with Crippen LogP contribution in [0.4, 0.5) is 0 Å². The van der Waals surface area contributed by atoms with E-state index in [1.807, 2.05) is 53.9 Å². The van der Waals surface area contributed by atoms with Crippen LogP contribution in [0.5, 0.6) is 11.5 Å². The van der Waals surface area contributed by atoms with Crippen molar-refractivity contribution in [1.82, 2.24) is 0 Å². The van der Waals surface area contributed by atoms with Crippen molar-refractivity contribution in [3.05, 3.63) is 64.4 Å². The highest BCUT2D eigenvalue weighted by molar-refractivity contribution is 8.25. The van der Waals surface area contributed by atoms with E-state index in [2.05, 4.69) is 31.2 Å². The van der Waals surface area contributed by atoms with Crippen molar-refractivity contribution >= 4 is 29.1 Å². The van der Waals surface area contributed by atoms with Crippen molar-refractivity contribution in [1.29, 1.82) is 0 Å². The molecular weight excluding hydrogens is 296 g/mol. The standard InChI is InChI=1S/C18H18OS2/c1-2-17(18-20-12-13-21-18)14-8-10-16(11-9-14)19-15-6-4-3-5-7-15/h3-11H,2,12-13H2,1H3. The van der Waals surface area contributed by atoms with Gasteiger partial charge in [0.25, 0.3) is 0 Å². The maximum Gasteiger partial charge on any atom is 0.127 e. The van der Waals surface area contributed by atoms with Gasteiger partial charge < -0.3 is 4.74 Å². The topological polar surface area (TPSA) is 9.23 Å². The van der Waals surface area contributed by atoms with Crippen LogP contribution < -0.4 is 4.74 Å². The number of benzene rings is 2. The highest BCUT2D eigenvalue weighted by Gasteiger charge is 2.14. The largest absolute Gasteiger partial charge is 0.457 e. The summed E-state index contributed by atoms with van der Waals surface area (Å²) in [5.74, 6) is 4.23. The van der Waals surface area contributed by atoms with Crippen molar-refractivity contribution in [3.63, 3.8) is 0 Å². The molecule has 0 spiro atoms. The highest BCUT2D eigenvalue weighted by atomic mass is 32.2. The summed E-state index contributed by atoms with van der Waals surface area (Å²) in [5.41, 5.74) is 2.78. The molecule has 0 unspecified atom stereocenters. The molecule has 0 amide bonds. The van der Waals surface area contributed by atoms with E-state index in [0.717, 1.165) is 17.9 Å². The van der Waals surface area contributed by atoms with Gasteiger partial charge in [0.1, 0.15) is 11.5 Å². The van der Waals surface area contributed by atoms with E-state index < -0.39 is 0 Å². The van der Waals surface area contributed by atoms with Crippen LogP contribution in [0.3, 0.4) is 0 Å². The average Bonchev–Trinajstić information content (AvgIpc) is 3.05. The van der Waals surface area contributed by atoms with Gasteiger partial charge in [0.2, 0.25) is 0 Å². The maximum absolute atomic E-state index is 5.85. The van der Waals surface area contributed by atoms with Gasteiger partial charge in [-0.3, -0.25) is 0 Å². The van der Waals surface area contributed by atoms with E-state index in [0.29, 0.717) is 0 Å². The zero-order chi connectivity index (χ0) is 14.5. The fourth-order valence-electron chi connectivity index (χ4n) is 2.30. The van der Waals surface area contributed by atoms with Gasteiger partial charge in [-0.1, -0.05) is 37.3 Å². The average molecular weight is 314 g/mol. The summed E-state index contributed by atoms with van der Waals surface area (Å²) in [7, 11) is 0. The van der Waals surface area contributed by atoms with Gasteiger partial charge in [0.05, 0.1) is 0 Å². The molecule has 0 atom stereocenters. The van der Waals surface area contributed by atoms with Crippen molar-refractivity contribution in [3.8, 4) is 11.5 Å². The molecule has 0 aromatic heterocycles. The van der Waals surface area contributed by atoms with Crippen LogP contribution in [0.15, 0.2) is 58.8 Å². The Hall–Kier alpha value is -1.32. The van der Waals surface area contributed by atoms with Gasteiger partial charge in [0, 0.05) is 15.7 Å². The van der Waals surface area contributed by atoms with Crippen LogP contribution in [0, 0.1) is 0 Å². The Labute approximate surface area is 134 Å². The fraction of sp³-hybridized carbons (Fsp3) is 0.222. The summed E-state index contributed by atoms with van der Waals surface area (Å²) in [6.45, 7) is 2.23. The van der Waals surface area contributed by atoms with E-state index >= 15 is 0 Å². The van der Waals surface area contributed by atoms with Gasteiger partial charge >= 0.3 is 0 Å². The molecule has 3 rings (SSSR count). The second kappa shape index (κ2) is 7.10. The third-order valence-corrected chi connectivity index (χ3v) is 6.13. The van der Waals surface area contributed by atoms with Gasteiger partial charge in [-0.05, 0) is 41.8 Å².